The van der Waals surface area contributed by atoms with Gasteiger partial charge in [-0.05, 0) is 13.8 Å². The van der Waals surface area contributed by atoms with Gasteiger partial charge < -0.3 is 10.8 Å². The van der Waals surface area contributed by atoms with E-state index in [1.54, 1.807) is 0 Å². The summed E-state index contributed by atoms with van der Waals surface area (Å²) in [4.78, 5) is 10.3. The van der Waals surface area contributed by atoms with Crippen molar-refractivity contribution in [3.8, 4) is 0 Å². The van der Waals surface area contributed by atoms with E-state index in [1.165, 1.54) is 13.8 Å². The van der Waals surface area contributed by atoms with Crippen LogP contribution in [-0.2, 0) is 4.79 Å². The molecule has 10 heavy (non-hydrogen) atoms. The lowest BCUT2D eigenvalue weighted by Crippen LogP contribution is -2.38. The van der Waals surface area contributed by atoms with E-state index in [-0.39, 0.29) is 5.78 Å². The summed E-state index contributed by atoms with van der Waals surface area (Å²) in [6.07, 6.45) is -0.729. The summed E-state index contributed by atoms with van der Waals surface area (Å²) in [7, 11) is 0. The van der Waals surface area contributed by atoms with Crippen LogP contribution in [0.2, 0.25) is 0 Å². The standard InChI is InChI=1S/C5H11NO2.C2H6/c1-3(7)5(6)4(2)8;1-2/h3,5,7H,6H2,1-2H3;1-2H3. The van der Waals surface area contributed by atoms with Crippen LogP contribution in [0.15, 0.2) is 0 Å². The highest BCUT2D eigenvalue weighted by atomic mass is 16.3. The minimum absolute atomic E-state index is 0.181. The van der Waals surface area contributed by atoms with Gasteiger partial charge in [-0.15, -0.1) is 0 Å². The molecule has 0 radical (unpaired) electrons. The number of carbonyl (C=O) groups is 1. The van der Waals surface area contributed by atoms with Gasteiger partial charge in [0.05, 0.1) is 12.1 Å². The molecule has 0 saturated carbocycles. The van der Waals surface area contributed by atoms with Crippen LogP contribution in [0, 0.1) is 0 Å². The zero-order chi connectivity index (χ0) is 8.73. The van der Waals surface area contributed by atoms with Crippen LogP contribution in [0.25, 0.3) is 0 Å². The molecule has 0 aliphatic rings. The molecule has 0 aromatic heterocycles. The molecule has 0 aliphatic carbocycles. The van der Waals surface area contributed by atoms with Crippen molar-refractivity contribution in [2.75, 3.05) is 0 Å². The molecule has 0 saturated heterocycles. The molecule has 3 heteroatoms. The third-order valence-corrected chi connectivity index (χ3v) is 0.989. The predicted molar refractivity (Wildman–Crippen MR) is 41.7 cm³/mol. The molecule has 0 heterocycles. The number of rotatable bonds is 2. The van der Waals surface area contributed by atoms with E-state index >= 15 is 0 Å². The lowest BCUT2D eigenvalue weighted by atomic mass is 10.1. The Balaban J connectivity index is 0. The smallest absolute Gasteiger partial charge is 0.149 e. The van der Waals surface area contributed by atoms with Gasteiger partial charge in [0.1, 0.15) is 5.78 Å². The fourth-order valence-corrected chi connectivity index (χ4v) is 0.340. The van der Waals surface area contributed by atoms with E-state index < -0.39 is 12.1 Å². The normalized spacial score (nSPS) is 14.6. The summed E-state index contributed by atoms with van der Waals surface area (Å²) in [5.41, 5.74) is 5.16. The first-order chi connectivity index (χ1) is 4.55. The Labute approximate surface area is 62.2 Å². The number of carbonyl (C=O) groups excluding carboxylic acids is 1. The van der Waals surface area contributed by atoms with Crippen molar-refractivity contribution in [3.05, 3.63) is 0 Å². The Hall–Kier alpha value is -0.410. The minimum atomic E-state index is -0.729. The number of aliphatic hydroxyl groups is 1. The van der Waals surface area contributed by atoms with Gasteiger partial charge in [0.25, 0.3) is 0 Å². The van der Waals surface area contributed by atoms with E-state index in [2.05, 4.69) is 0 Å². The van der Waals surface area contributed by atoms with Crippen LogP contribution in [0.1, 0.15) is 27.7 Å². The molecule has 3 N–H and O–H groups in total. The van der Waals surface area contributed by atoms with Gasteiger partial charge in [-0.3, -0.25) is 4.79 Å². The first kappa shape index (κ1) is 12.3. The van der Waals surface area contributed by atoms with E-state index in [9.17, 15) is 4.79 Å². The molecule has 0 aliphatic heterocycles. The Kier molecular flexibility index (Phi) is 8.24. The molecule has 0 aromatic rings. The lowest BCUT2D eigenvalue weighted by molar-refractivity contribution is -0.120. The van der Waals surface area contributed by atoms with E-state index in [1.807, 2.05) is 13.8 Å². The van der Waals surface area contributed by atoms with Gasteiger partial charge >= 0.3 is 0 Å². The topological polar surface area (TPSA) is 63.3 Å². The van der Waals surface area contributed by atoms with Gasteiger partial charge in [0, 0.05) is 0 Å². The highest BCUT2D eigenvalue weighted by molar-refractivity contribution is 5.81. The van der Waals surface area contributed by atoms with Crippen molar-refractivity contribution in [1.82, 2.24) is 0 Å². The van der Waals surface area contributed by atoms with E-state index in [0.29, 0.717) is 0 Å². The van der Waals surface area contributed by atoms with Crippen molar-refractivity contribution >= 4 is 5.78 Å². The van der Waals surface area contributed by atoms with Crippen LogP contribution in [0.3, 0.4) is 0 Å². The molecule has 0 bridgehead atoms. The molecule has 0 amide bonds. The summed E-state index contributed by atoms with van der Waals surface area (Å²) < 4.78 is 0. The zero-order valence-corrected chi connectivity index (χ0v) is 7.09. The number of hydrogen-bond acceptors (Lipinski definition) is 3. The van der Waals surface area contributed by atoms with Gasteiger partial charge in [-0.25, -0.2) is 0 Å². The summed E-state index contributed by atoms with van der Waals surface area (Å²) in [5, 5.41) is 8.65. The van der Waals surface area contributed by atoms with Crippen LogP contribution < -0.4 is 5.73 Å². The molecule has 2 unspecified atom stereocenters. The molecule has 0 fully saturated rings. The molecular formula is C7H17NO2. The van der Waals surface area contributed by atoms with Gasteiger partial charge in [-0.1, -0.05) is 13.8 Å². The maximum atomic E-state index is 10.3. The number of nitrogens with two attached hydrogens (primary N) is 1. The second-order valence-electron chi connectivity index (χ2n) is 1.88. The average Bonchev–Trinajstić information content (AvgIpc) is 1.90. The first-order valence-corrected chi connectivity index (χ1v) is 3.50. The molecule has 0 aromatic carbocycles. The van der Waals surface area contributed by atoms with Gasteiger partial charge in [-0.2, -0.15) is 0 Å². The maximum absolute atomic E-state index is 10.3. The summed E-state index contributed by atoms with van der Waals surface area (Å²) in [6.45, 7) is 6.85. The van der Waals surface area contributed by atoms with Crippen LogP contribution in [0.4, 0.5) is 0 Å². The fourth-order valence-electron chi connectivity index (χ4n) is 0.340. The lowest BCUT2D eigenvalue weighted by Gasteiger charge is -2.08. The third-order valence-electron chi connectivity index (χ3n) is 0.989. The largest absolute Gasteiger partial charge is 0.391 e. The number of Topliss-reactive ketones (excluding diaryl/α,β-unsaturated/α-hetero) is 1. The quantitative estimate of drug-likeness (QED) is 0.591. The Bertz CT molecular complexity index is 91.6. The fraction of sp³-hybridized carbons (Fsp3) is 0.857. The maximum Gasteiger partial charge on any atom is 0.149 e. The highest BCUT2D eigenvalue weighted by Gasteiger charge is 2.12. The van der Waals surface area contributed by atoms with Crippen LogP contribution in [-0.4, -0.2) is 23.0 Å². The predicted octanol–water partition coefficient (Wildman–Crippen LogP) is 0.310. The summed E-state index contributed by atoms with van der Waals surface area (Å²) in [5.74, 6) is -0.181. The van der Waals surface area contributed by atoms with E-state index in [0.717, 1.165) is 0 Å². The number of aliphatic hydroxyl groups excluding tert-OH is 1. The number of hydrogen-bond donors (Lipinski definition) is 2. The first-order valence-electron chi connectivity index (χ1n) is 3.50. The molecule has 3 nitrogen and oxygen atoms in total. The van der Waals surface area contributed by atoms with Gasteiger partial charge in [0.15, 0.2) is 0 Å². The molecular weight excluding hydrogens is 130 g/mol. The minimum Gasteiger partial charge on any atom is -0.391 e. The molecule has 0 spiro atoms. The van der Waals surface area contributed by atoms with E-state index in [4.69, 9.17) is 10.8 Å². The van der Waals surface area contributed by atoms with Crippen LogP contribution in [0.5, 0.6) is 0 Å². The van der Waals surface area contributed by atoms with Crippen molar-refractivity contribution in [2.45, 2.75) is 39.8 Å². The van der Waals surface area contributed by atoms with Crippen molar-refractivity contribution < 1.29 is 9.90 Å². The monoisotopic (exact) mass is 147 g/mol. The Morgan fingerprint density at radius 1 is 1.50 bits per heavy atom. The summed E-state index contributed by atoms with van der Waals surface area (Å²) >= 11 is 0. The molecule has 62 valence electrons. The molecule has 0 rings (SSSR count). The van der Waals surface area contributed by atoms with Crippen molar-refractivity contribution in [1.29, 1.82) is 0 Å². The SMILES string of the molecule is CC.CC(=O)C(N)C(C)O. The van der Waals surface area contributed by atoms with Crippen molar-refractivity contribution in [2.24, 2.45) is 5.73 Å². The highest BCUT2D eigenvalue weighted by Crippen LogP contribution is 1.87. The zero-order valence-electron chi connectivity index (χ0n) is 7.09. The Morgan fingerprint density at radius 2 is 1.80 bits per heavy atom. The van der Waals surface area contributed by atoms with Crippen LogP contribution >= 0.6 is 0 Å². The number of ketones is 1. The van der Waals surface area contributed by atoms with Crippen molar-refractivity contribution in [3.63, 3.8) is 0 Å². The second kappa shape index (κ2) is 6.71. The third kappa shape index (κ3) is 5.72. The van der Waals surface area contributed by atoms with Gasteiger partial charge in [0.2, 0.25) is 0 Å². The molecule has 2 atom stereocenters. The average molecular weight is 147 g/mol. The summed E-state index contributed by atoms with van der Waals surface area (Å²) in [6, 6.07) is -0.713. The Morgan fingerprint density at radius 3 is 1.80 bits per heavy atom. The second-order valence-corrected chi connectivity index (χ2v) is 1.88.